The highest BCUT2D eigenvalue weighted by atomic mass is 16.5. The lowest BCUT2D eigenvalue weighted by molar-refractivity contribution is -0.151. The molecule has 2 rings (SSSR count). The van der Waals surface area contributed by atoms with Gasteiger partial charge in [-0.1, -0.05) is 0 Å². The Hall–Kier alpha value is -1.58. The van der Waals surface area contributed by atoms with Crippen LogP contribution in [-0.2, 0) is 15.1 Å². The number of carbonyl (C=O) groups is 2. The van der Waals surface area contributed by atoms with Crippen LogP contribution in [0.4, 0.5) is 0 Å². The van der Waals surface area contributed by atoms with Crippen molar-refractivity contribution in [1.82, 2.24) is 4.57 Å². The van der Waals surface area contributed by atoms with Crippen LogP contribution >= 0.6 is 0 Å². The average Bonchev–Trinajstić information content (AvgIpc) is 2.73. The van der Waals surface area contributed by atoms with Crippen LogP contribution < -0.4 is 0 Å². The van der Waals surface area contributed by atoms with Crippen molar-refractivity contribution in [2.45, 2.75) is 25.3 Å². The second-order valence-electron chi connectivity index (χ2n) is 3.95. The summed E-state index contributed by atoms with van der Waals surface area (Å²) in [6, 6.07) is 3.52. The van der Waals surface area contributed by atoms with Crippen molar-refractivity contribution in [1.29, 1.82) is 0 Å². The molecule has 1 aliphatic heterocycles. The maximum absolute atomic E-state index is 11.7. The first-order valence-corrected chi connectivity index (χ1v) is 4.89. The molecule has 0 spiro atoms. The molecule has 0 aromatic carbocycles. The summed E-state index contributed by atoms with van der Waals surface area (Å²) in [6.45, 7) is 1.80. The highest BCUT2D eigenvalue weighted by molar-refractivity contribution is 5.97. The SMILES string of the molecule is COC(=O)C1(C)CCC(=O)c2cccn21. The molecule has 0 aliphatic carbocycles. The van der Waals surface area contributed by atoms with E-state index in [9.17, 15) is 9.59 Å². The second-order valence-corrected chi connectivity index (χ2v) is 3.95. The minimum absolute atomic E-state index is 0.0846. The van der Waals surface area contributed by atoms with Crippen LogP contribution in [0.1, 0.15) is 30.3 Å². The molecule has 1 aliphatic rings. The van der Waals surface area contributed by atoms with Crippen LogP contribution in [0, 0.1) is 0 Å². The summed E-state index contributed by atoms with van der Waals surface area (Å²) in [7, 11) is 1.37. The zero-order valence-corrected chi connectivity index (χ0v) is 8.82. The Kier molecular flexibility index (Phi) is 2.14. The van der Waals surface area contributed by atoms with Gasteiger partial charge in [0.15, 0.2) is 5.78 Å². The molecular weight excluding hydrogens is 194 g/mol. The van der Waals surface area contributed by atoms with Crippen molar-refractivity contribution < 1.29 is 14.3 Å². The van der Waals surface area contributed by atoms with Gasteiger partial charge >= 0.3 is 5.97 Å². The number of hydrogen-bond donors (Lipinski definition) is 0. The molecule has 0 fully saturated rings. The lowest BCUT2D eigenvalue weighted by Gasteiger charge is -2.33. The van der Waals surface area contributed by atoms with Crippen molar-refractivity contribution in [2.75, 3.05) is 7.11 Å². The van der Waals surface area contributed by atoms with E-state index in [2.05, 4.69) is 0 Å². The molecule has 0 N–H and O–H groups in total. The molecule has 4 heteroatoms. The summed E-state index contributed by atoms with van der Waals surface area (Å²) in [4.78, 5) is 23.3. The first-order chi connectivity index (χ1) is 7.09. The number of rotatable bonds is 1. The molecule has 0 radical (unpaired) electrons. The number of Topliss-reactive ketones (excluding diaryl/α,β-unsaturated/α-hetero) is 1. The maximum Gasteiger partial charge on any atom is 0.331 e. The van der Waals surface area contributed by atoms with Gasteiger partial charge in [-0.3, -0.25) is 4.79 Å². The summed E-state index contributed by atoms with van der Waals surface area (Å²) >= 11 is 0. The van der Waals surface area contributed by atoms with Gasteiger partial charge in [0.2, 0.25) is 0 Å². The molecule has 80 valence electrons. The minimum Gasteiger partial charge on any atom is -0.467 e. The van der Waals surface area contributed by atoms with Gasteiger partial charge in [-0.15, -0.1) is 0 Å². The number of esters is 1. The maximum atomic E-state index is 11.7. The van der Waals surface area contributed by atoms with Gasteiger partial charge in [-0.05, 0) is 25.5 Å². The summed E-state index contributed by atoms with van der Waals surface area (Å²) in [6.07, 6.45) is 2.65. The van der Waals surface area contributed by atoms with E-state index in [0.717, 1.165) is 0 Å². The van der Waals surface area contributed by atoms with Crippen LogP contribution in [-0.4, -0.2) is 23.4 Å². The Morgan fingerprint density at radius 1 is 1.60 bits per heavy atom. The van der Waals surface area contributed by atoms with E-state index in [1.54, 1.807) is 29.8 Å². The molecule has 2 heterocycles. The fourth-order valence-electron chi connectivity index (χ4n) is 2.06. The molecule has 0 saturated carbocycles. The lowest BCUT2D eigenvalue weighted by Crippen LogP contribution is -2.44. The smallest absolute Gasteiger partial charge is 0.331 e. The van der Waals surface area contributed by atoms with Gasteiger partial charge in [0, 0.05) is 12.6 Å². The summed E-state index contributed by atoms with van der Waals surface area (Å²) in [5.41, 5.74) is -0.143. The van der Waals surface area contributed by atoms with Crippen molar-refractivity contribution in [3.63, 3.8) is 0 Å². The minimum atomic E-state index is -0.735. The first-order valence-electron chi connectivity index (χ1n) is 4.89. The second kappa shape index (κ2) is 3.22. The topological polar surface area (TPSA) is 48.3 Å². The fourth-order valence-corrected chi connectivity index (χ4v) is 2.06. The number of fused-ring (bicyclic) bond motifs is 1. The van der Waals surface area contributed by atoms with Crippen molar-refractivity contribution in [2.24, 2.45) is 0 Å². The average molecular weight is 207 g/mol. The predicted octanol–water partition coefficient (Wildman–Crippen LogP) is 1.35. The Balaban J connectivity index is 2.52. The van der Waals surface area contributed by atoms with Crippen LogP contribution in [0.2, 0.25) is 0 Å². The highest BCUT2D eigenvalue weighted by Gasteiger charge is 2.41. The number of aromatic nitrogens is 1. The largest absolute Gasteiger partial charge is 0.467 e. The number of ether oxygens (including phenoxy) is 1. The van der Waals surface area contributed by atoms with Crippen LogP contribution in [0.5, 0.6) is 0 Å². The van der Waals surface area contributed by atoms with Gasteiger partial charge in [0.25, 0.3) is 0 Å². The zero-order chi connectivity index (χ0) is 11.1. The molecule has 1 unspecified atom stereocenters. The monoisotopic (exact) mass is 207 g/mol. The van der Waals surface area contributed by atoms with E-state index < -0.39 is 5.54 Å². The fraction of sp³-hybridized carbons (Fsp3) is 0.455. The van der Waals surface area contributed by atoms with E-state index in [4.69, 9.17) is 4.74 Å². The molecule has 0 amide bonds. The molecular formula is C11H13NO3. The standard InChI is InChI=1S/C11H13NO3/c1-11(10(14)15-2)6-5-9(13)8-4-3-7-12(8)11/h3-4,7H,5-6H2,1-2H3. The first kappa shape index (κ1) is 9.96. The number of nitrogens with zero attached hydrogens (tertiary/aromatic N) is 1. The molecule has 1 aromatic rings. The number of ketones is 1. The van der Waals surface area contributed by atoms with Crippen molar-refractivity contribution >= 4 is 11.8 Å². The molecule has 1 aromatic heterocycles. The Bertz CT molecular complexity index is 421. The number of methoxy groups -OCH3 is 1. The lowest BCUT2D eigenvalue weighted by atomic mass is 9.89. The van der Waals surface area contributed by atoms with Gasteiger partial charge in [-0.2, -0.15) is 0 Å². The molecule has 0 saturated heterocycles. The van der Waals surface area contributed by atoms with Crippen molar-refractivity contribution in [3.05, 3.63) is 24.0 Å². The third kappa shape index (κ3) is 1.28. The Morgan fingerprint density at radius 3 is 3.00 bits per heavy atom. The Morgan fingerprint density at radius 2 is 2.33 bits per heavy atom. The quantitative estimate of drug-likeness (QED) is 0.653. The van der Waals surface area contributed by atoms with E-state index in [1.165, 1.54) is 7.11 Å². The van der Waals surface area contributed by atoms with E-state index in [0.29, 0.717) is 18.5 Å². The molecule has 1 atom stereocenters. The van der Waals surface area contributed by atoms with Gasteiger partial charge in [0.1, 0.15) is 5.54 Å². The van der Waals surface area contributed by atoms with Crippen LogP contribution in [0.25, 0.3) is 0 Å². The van der Waals surface area contributed by atoms with Crippen LogP contribution in [0.3, 0.4) is 0 Å². The Labute approximate surface area is 87.8 Å². The zero-order valence-electron chi connectivity index (χ0n) is 8.82. The van der Waals surface area contributed by atoms with Gasteiger partial charge in [-0.25, -0.2) is 4.79 Å². The summed E-state index contributed by atoms with van der Waals surface area (Å²) < 4.78 is 6.50. The molecule has 15 heavy (non-hydrogen) atoms. The summed E-state index contributed by atoms with van der Waals surface area (Å²) in [5.74, 6) is -0.214. The van der Waals surface area contributed by atoms with Gasteiger partial charge in [0.05, 0.1) is 12.8 Å². The summed E-state index contributed by atoms with van der Waals surface area (Å²) in [5, 5.41) is 0. The van der Waals surface area contributed by atoms with Crippen molar-refractivity contribution in [3.8, 4) is 0 Å². The predicted molar refractivity (Wildman–Crippen MR) is 53.7 cm³/mol. The third-order valence-electron chi connectivity index (χ3n) is 3.03. The number of hydrogen-bond acceptors (Lipinski definition) is 3. The highest BCUT2D eigenvalue weighted by Crippen LogP contribution is 2.31. The normalized spacial score (nSPS) is 24.8. The third-order valence-corrected chi connectivity index (χ3v) is 3.03. The van der Waals surface area contributed by atoms with E-state index >= 15 is 0 Å². The van der Waals surface area contributed by atoms with Crippen LogP contribution in [0.15, 0.2) is 18.3 Å². The van der Waals surface area contributed by atoms with E-state index in [1.807, 2.05) is 0 Å². The number of carbonyl (C=O) groups excluding carboxylic acids is 2. The van der Waals surface area contributed by atoms with Gasteiger partial charge < -0.3 is 9.30 Å². The molecule has 4 nitrogen and oxygen atoms in total. The van der Waals surface area contributed by atoms with E-state index in [-0.39, 0.29) is 11.8 Å². The molecule has 0 bridgehead atoms.